The summed E-state index contributed by atoms with van der Waals surface area (Å²) in [6, 6.07) is 15.3. The molecule has 2 atom stereocenters. The van der Waals surface area contributed by atoms with E-state index in [1.807, 2.05) is 4.90 Å². The predicted molar refractivity (Wildman–Crippen MR) is 120 cm³/mol. The van der Waals surface area contributed by atoms with Gasteiger partial charge in [0.15, 0.2) is 0 Å². The van der Waals surface area contributed by atoms with Gasteiger partial charge in [-0.3, -0.25) is 9.69 Å². The number of halogens is 2. The van der Waals surface area contributed by atoms with Crippen LogP contribution in [0.15, 0.2) is 42.5 Å². The van der Waals surface area contributed by atoms with Crippen molar-refractivity contribution in [3.05, 3.63) is 48.0 Å². The highest BCUT2D eigenvalue weighted by Crippen LogP contribution is 2.27. The van der Waals surface area contributed by atoms with E-state index in [2.05, 4.69) is 47.4 Å². The number of hydrogen-bond donors (Lipinski definition) is 1. The molecule has 154 valence electrons. The van der Waals surface area contributed by atoms with Crippen molar-refractivity contribution >= 4 is 41.5 Å². The molecule has 28 heavy (non-hydrogen) atoms. The van der Waals surface area contributed by atoms with E-state index in [0.717, 1.165) is 45.6 Å². The van der Waals surface area contributed by atoms with Gasteiger partial charge in [0.05, 0.1) is 0 Å². The second-order valence-electron chi connectivity index (χ2n) is 7.85. The Bertz CT molecular complexity index is 772. The molecule has 4 rings (SSSR count). The van der Waals surface area contributed by atoms with Gasteiger partial charge in [-0.05, 0) is 35.1 Å². The van der Waals surface area contributed by atoms with Crippen LogP contribution < -0.4 is 5.73 Å². The average molecular weight is 424 g/mol. The number of amides is 1. The molecule has 0 spiro atoms. The Balaban J connectivity index is 0.00000140. The summed E-state index contributed by atoms with van der Waals surface area (Å²) in [6.45, 7) is 4.53. The Hall–Kier alpha value is -1.33. The Morgan fingerprint density at radius 3 is 2.39 bits per heavy atom. The zero-order valence-corrected chi connectivity index (χ0v) is 17.9. The van der Waals surface area contributed by atoms with Crippen LogP contribution in [-0.2, 0) is 11.3 Å². The molecular formula is C22H31Cl2N3O. The minimum atomic E-state index is 0. The van der Waals surface area contributed by atoms with E-state index in [-0.39, 0.29) is 30.9 Å². The van der Waals surface area contributed by atoms with Crippen molar-refractivity contribution in [2.45, 2.75) is 38.3 Å². The fourth-order valence-corrected chi connectivity index (χ4v) is 4.50. The van der Waals surface area contributed by atoms with Crippen molar-refractivity contribution in [3.8, 4) is 0 Å². The molecule has 1 aliphatic carbocycles. The van der Waals surface area contributed by atoms with Gasteiger partial charge >= 0.3 is 0 Å². The van der Waals surface area contributed by atoms with Crippen LogP contribution in [0.1, 0.15) is 31.2 Å². The van der Waals surface area contributed by atoms with Crippen LogP contribution in [0.4, 0.5) is 0 Å². The first-order chi connectivity index (χ1) is 12.7. The summed E-state index contributed by atoms with van der Waals surface area (Å²) in [5.41, 5.74) is 7.51. The van der Waals surface area contributed by atoms with Gasteiger partial charge in [0.2, 0.25) is 5.91 Å². The van der Waals surface area contributed by atoms with E-state index in [9.17, 15) is 4.79 Å². The van der Waals surface area contributed by atoms with Crippen molar-refractivity contribution in [3.63, 3.8) is 0 Å². The second kappa shape index (κ2) is 10.4. The Morgan fingerprint density at radius 2 is 1.68 bits per heavy atom. The van der Waals surface area contributed by atoms with Gasteiger partial charge < -0.3 is 10.6 Å². The molecule has 2 aromatic rings. The SMILES string of the molecule is Cl.Cl.N[C@@H]1CCC[C@H]1CC(=O)N1CCN(Cc2cccc3ccccc23)CC1. The quantitative estimate of drug-likeness (QED) is 0.812. The average Bonchev–Trinajstić information content (AvgIpc) is 3.07. The van der Waals surface area contributed by atoms with E-state index in [0.29, 0.717) is 18.2 Å². The number of rotatable bonds is 4. The van der Waals surface area contributed by atoms with E-state index in [4.69, 9.17) is 5.73 Å². The van der Waals surface area contributed by atoms with Gasteiger partial charge in [0.1, 0.15) is 0 Å². The van der Waals surface area contributed by atoms with Crippen LogP contribution in [0.5, 0.6) is 0 Å². The van der Waals surface area contributed by atoms with E-state index < -0.39 is 0 Å². The van der Waals surface area contributed by atoms with Crippen molar-refractivity contribution in [2.75, 3.05) is 26.2 Å². The Labute approximate surface area is 180 Å². The molecule has 0 unspecified atom stereocenters. The van der Waals surface area contributed by atoms with Gasteiger partial charge in [-0.15, -0.1) is 24.8 Å². The molecule has 1 aliphatic heterocycles. The minimum absolute atomic E-state index is 0. The molecule has 0 bridgehead atoms. The predicted octanol–water partition coefficient (Wildman–Crippen LogP) is 3.85. The maximum atomic E-state index is 12.6. The first kappa shape index (κ1) is 23.0. The van der Waals surface area contributed by atoms with Crippen LogP contribution >= 0.6 is 24.8 Å². The molecule has 0 radical (unpaired) electrons. The van der Waals surface area contributed by atoms with Crippen LogP contribution in [-0.4, -0.2) is 47.9 Å². The van der Waals surface area contributed by atoms with E-state index in [1.165, 1.54) is 22.8 Å². The summed E-state index contributed by atoms with van der Waals surface area (Å²) in [5, 5.41) is 2.63. The van der Waals surface area contributed by atoms with Crippen LogP contribution in [0.2, 0.25) is 0 Å². The first-order valence-electron chi connectivity index (χ1n) is 9.93. The van der Waals surface area contributed by atoms with Crippen LogP contribution in [0.3, 0.4) is 0 Å². The summed E-state index contributed by atoms with van der Waals surface area (Å²) < 4.78 is 0. The molecular weight excluding hydrogens is 393 g/mol. The van der Waals surface area contributed by atoms with Crippen molar-refractivity contribution in [1.82, 2.24) is 9.80 Å². The highest BCUT2D eigenvalue weighted by atomic mass is 35.5. The number of hydrogen-bond acceptors (Lipinski definition) is 3. The molecule has 1 saturated carbocycles. The van der Waals surface area contributed by atoms with Crippen molar-refractivity contribution < 1.29 is 4.79 Å². The summed E-state index contributed by atoms with van der Waals surface area (Å²) in [4.78, 5) is 17.1. The standard InChI is InChI=1S/C22H29N3O.2ClH/c23-21-10-4-7-18(21)15-22(26)25-13-11-24(12-14-25)16-19-8-3-6-17-5-1-2-9-20(17)19;;/h1-3,5-6,8-9,18,21H,4,7,10-16,23H2;2*1H/t18-,21+;;/m0../s1. The highest BCUT2D eigenvalue weighted by molar-refractivity contribution is 5.86. The summed E-state index contributed by atoms with van der Waals surface area (Å²) in [5.74, 6) is 0.702. The monoisotopic (exact) mass is 423 g/mol. The third-order valence-corrected chi connectivity index (χ3v) is 6.15. The van der Waals surface area contributed by atoms with Gasteiger partial charge in [0.25, 0.3) is 0 Å². The lowest BCUT2D eigenvalue weighted by Crippen LogP contribution is -2.49. The molecule has 1 saturated heterocycles. The molecule has 2 aromatic carbocycles. The van der Waals surface area contributed by atoms with E-state index >= 15 is 0 Å². The van der Waals surface area contributed by atoms with E-state index in [1.54, 1.807) is 0 Å². The highest BCUT2D eigenvalue weighted by Gasteiger charge is 2.29. The smallest absolute Gasteiger partial charge is 0.222 e. The number of nitrogens with zero attached hydrogens (tertiary/aromatic N) is 2. The van der Waals surface area contributed by atoms with Gasteiger partial charge in [0, 0.05) is 45.2 Å². The molecule has 2 N–H and O–H groups in total. The number of fused-ring (bicyclic) bond motifs is 1. The number of carbonyl (C=O) groups excluding carboxylic acids is 1. The lowest BCUT2D eigenvalue weighted by atomic mass is 9.99. The Morgan fingerprint density at radius 1 is 0.964 bits per heavy atom. The molecule has 2 aliphatic rings. The van der Waals surface area contributed by atoms with Gasteiger partial charge in [-0.1, -0.05) is 48.9 Å². The molecule has 6 heteroatoms. The summed E-state index contributed by atoms with van der Waals surface area (Å²) in [7, 11) is 0. The van der Waals surface area contributed by atoms with Crippen molar-refractivity contribution in [2.24, 2.45) is 11.7 Å². The summed E-state index contributed by atoms with van der Waals surface area (Å²) in [6.07, 6.45) is 4.02. The maximum absolute atomic E-state index is 12.6. The third-order valence-electron chi connectivity index (χ3n) is 6.15. The second-order valence-corrected chi connectivity index (χ2v) is 7.85. The fourth-order valence-electron chi connectivity index (χ4n) is 4.50. The number of benzene rings is 2. The normalized spacial score (nSPS) is 22.5. The zero-order valence-electron chi connectivity index (χ0n) is 16.3. The van der Waals surface area contributed by atoms with Gasteiger partial charge in [-0.25, -0.2) is 0 Å². The number of carbonyl (C=O) groups is 1. The van der Waals surface area contributed by atoms with Crippen LogP contribution in [0, 0.1) is 5.92 Å². The minimum Gasteiger partial charge on any atom is -0.340 e. The molecule has 2 fully saturated rings. The lowest BCUT2D eigenvalue weighted by molar-refractivity contribution is -0.134. The summed E-state index contributed by atoms with van der Waals surface area (Å²) >= 11 is 0. The number of piperazine rings is 1. The molecule has 4 nitrogen and oxygen atoms in total. The van der Waals surface area contributed by atoms with Gasteiger partial charge in [-0.2, -0.15) is 0 Å². The first-order valence-corrected chi connectivity index (χ1v) is 9.93. The fraction of sp³-hybridized carbons (Fsp3) is 0.500. The maximum Gasteiger partial charge on any atom is 0.222 e. The molecule has 1 amide bonds. The van der Waals surface area contributed by atoms with Crippen LogP contribution in [0.25, 0.3) is 10.8 Å². The molecule has 0 aromatic heterocycles. The largest absolute Gasteiger partial charge is 0.340 e. The zero-order chi connectivity index (χ0) is 17.9. The molecule has 1 heterocycles. The topological polar surface area (TPSA) is 49.6 Å². The van der Waals surface area contributed by atoms with Crippen molar-refractivity contribution in [1.29, 1.82) is 0 Å². The number of nitrogens with two attached hydrogens (primary N) is 1. The third kappa shape index (κ3) is 5.18. The lowest BCUT2D eigenvalue weighted by Gasteiger charge is -2.35. The Kier molecular flexibility index (Phi) is 8.56.